The molecule has 0 amide bonds. The summed E-state index contributed by atoms with van der Waals surface area (Å²) in [4.78, 5) is 25.8. The third-order valence-electron chi connectivity index (χ3n) is 8.18. The summed E-state index contributed by atoms with van der Waals surface area (Å²) in [6, 6.07) is 9.39. The van der Waals surface area contributed by atoms with Crippen LogP contribution in [0.25, 0.3) is 0 Å². The molecule has 2 heterocycles. The van der Waals surface area contributed by atoms with Crippen molar-refractivity contribution in [2.24, 2.45) is 17.8 Å². The Kier molecular flexibility index (Phi) is 11.5. The van der Waals surface area contributed by atoms with Gasteiger partial charge >= 0.3 is 11.9 Å². The Morgan fingerprint density at radius 1 is 1.07 bits per heavy atom. The highest BCUT2D eigenvalue weighted by molar-refractivity contribution is 5.81. The Hall–Kier alpha value is -2.56. The Morgan fingerprint density at radius 2 is 1.75 bits per heavy atom. The topological polar surface area (TPSA) is 121 Å². The molecule has 222 valence electrons. The van der Waals surface area contributed by atoms with Gasteiger partial charge in [-0.15, -0.1) is 0 Å². The Labute approximate surface area is 237 Å². The molecule has 9 nitrogen and oxygen atoms in total. The van der Waals surface area contributed by atoms with Crippen LogP contribution in [-0.2, 0) is 33.3 Å². The van der Waals surface area contributed by atoms with Crippen molar-refractivity contribution in [2.75, 3.05) is 14.2 Å². The van der Waals surface area contributed by atoms with E-state index in [0.29, 0.717) is 6.42 Å². The molecule has 0 aromatic heterocycles. The molecule has 3 rings (SSSR count). The van der Waals surface area contributed by atoms with E-state index in [9.17, 15) is 19.8 Å². The van der Waals surface area contributed by atoms with Gasteiger partial charge in [0, 0.05) is 32.1 Å². The van der Waals surface area contributed by atoms with E-state index in [2.05, 4.69) is 6.58 Å². The van der Waals surface area contributed by atoms with Crippen LogP contribution in [0.2, 0.25) is 0 Å². The summed E-state index contributed by atoms with van der Waals surface area (Å²) in [5.74, 6) is -6.16. The zero-order valence-electron chi connectivity index (χ0n) is 24.1. The van der Waals surface area contributed by atoms with E-state index in [1.54, 1.807) is 21.1 Å². The van der Waals surface area contributed by atoms with E-state index >= 15 is 0 Å². The second-order valence-electron chi connectivity index (χ2n) is 10.8. The average Bonchev–Trinajstić information content (AvgIpc) is 2.96. The fourth-order valence-corrected chi connectivity index (χ4v) is 5.58. The molecule has 1 aromatic rings. The predicted octanol–water partition coefficient (Wildman–Crippen LogP) is 3.89. The molecule has 2 aliphatic rings. The van der Waals surface area contributed by atoms with Crippen molar-refractivity contribution in [3.05, 3.63) is 60.7 Å². The first-order valence-corrected chi connectivity index (χ1v) is 14.0. The van der Waals surface area contributed by atoms with E-state index < -0.39 is 54.0 Å². The number of hydrogen-bond acceptors (Lipinski definition) is 9. The zero-order chi connectivity index (χ0) is 29.4. The Bertz CT molecular complexity index is 1010. The lowest BCUT2D eigenvalue weighted by Gasteiger charge is -2.50. The van der Waals surface area contributed by atoms with Crippen LogP contribution in [0.4, 0.5) is 0 Å². The van der Waals surface area contributed by atoms with Crippen LogP contribution in [0.1, 0.15) is 58.1 Å². The SMILES string of the molecule is C=CC(=O)O[C@H]1[C@@H](O)[C@H](C)[C@H]2O[C@]1(O)[C@H](C)C(=O)O[C@H](c1ccccc1)CCCC[C@H](OC)[C@H](OC)/C=C/[C@@H]2C. The minimum absolute atomic E-state index is 0.200. The number of methoxy groups -OCH3 is 2. The minimum atomic E-state index is -2.37. The Morgan fingerprint density at radius 3 is 2.38 bits per heavy atom. The van der Waals surface area contributed by atoms with Crippen LogP contribution in [0, 0.1) is 17.8 Å². The first-order chi connectivity index (χ1) is 19.1. The fraction of sp³-hybridized carbons (Fsp3) is 0.613. The highest BCUT2D eigenvalue weighted by Gasteiger charge is 2.60. The molecule has 0 saturated carbocycles. The van der Waals surface area contributed by atoms with Crippen LogP contribution in [0.3, 0.4) is 0 Å². The van der Waals surface area contributed by atoms with Crippen molar-refractivity contribution >= 4 is 11.9 Å². The van der Waals surface area contributed by atoms with Crippen molar-refractivity contribution in [1.82, 2.24) is 0 Å². The summed E-state index contributed by atoms with van der Waals surface area (Å²) in [5.41, 5.74) is 0.816. The number of ether oxygens (including phenoxy) is 5. The predicted molar refractivity (Wildman–Crippen MR) is 148 cm³/mol. The number of aliphatic hydroxyl groups excluding tert-OH is 1. The summed E-state index contributed by atoms with van der Waals surface area (Å²) in [6.45, 7) is 8.48. The highest BCUT2D eigenvalue weighted by atomic mass is 16.7. The smallest absolute Gasteiger partial charge is 0.330 e. The maximum Gasteiger partial charge on any atom is 0.330 e. The van der Waals surface area contributed by atoms with Gasteiger partial charge in [0.15, 0.2) is 6.10 Å². The molecular weight excluding hydrogens is 516 g/mol. The molecule has 0 unspecified atom stereocenters. The summed E-state index contributed by atoms with van der Waals surface area (Å²) >= 11 is 0. The summed E-state index contributed by atoms with van der Waals surface area (Å²) in [6.07, 6.45) is 2.83. The number of cyclic esters (lactones) is 1. The number of aliphatic hydroxyl groups is 2. The molecule has 1 fully saturated rings. The number of carbonyl (C=O) groups is 2. The van der Waals surface area contributed by atoms with Gasteiger partial charge in [-0.1, -0.05) is 69.3 Å². The first-order valence-electron chi connectivity index (χ1n) is 14.0. The third-order valence-corrected chi connectivity index (χ3v) is 8.18. The van der Waals surface area contributed by atoms with Crippen molar-refractivity contribution < 1.29 is 43.5 Å². The van der Waals surface area contributed by atoms with Gasteiger partial charge in [-0.25, -0.2) is 4.79 Å². The average molecular weight is 561 g/mol. The van der Waals surface area contributed by atoms with Gasteiger partial charge in [0.05, 0.1) is 12.2 Å². The molecule has 2 aliphatic heterocycles. The molecule has 0 spiro atoms. The van der Waals surface area contributed by atoms with E-state index in [1.165, 1.54) is 6.92 Å². The number of carbonyl (C=O) groups excluding carboxylic acids is 2. The lowest BCUT2D eigenvalue weighted by atomic mass is 9.78. The molecule has 10 atom stereocenters. The molecule has 0 aliphatic carbocycles. The monoisotopic (exact) mass is 560 g/mol. The van der Waals surface area contributed by atoms with E-state index in [0.717, 1.165) is 30.9 Å². The first kappa shape index (κ1) is 32.0. The third kappa shape index (κ3) is 7.19. The van der Waals surface area contributed by atoms with Crippen LogP contribution in [-0.4, -0.2) is 72.7 Å². The zero-order valence-corrected chi connectivity index (χ0v) is 24.1. The fourth-order valence-electron chi connectivity index (χ4n) is 5.58. The molecule has 0 radical (unpaired) electrons. The van der Waals surface area contributed by atoms with Crippen LogP contribution >= 0.6 is 0 Å². The largest absolute Gasteiger partial charge is 0.457 e. The highest BCUT2D eigenvalue weighted by Crippen LogP contribution is 2.42. The van der Waals surface area contributed by atoms with Crippen molar-refractivity contribution in [2.45, 2.75) is 88.9 Å². The van der Waals surface area contributed by atoms with Gasteiger partial charge in [-0.2, -0.15) is 0 Å². The normalized spacial score (nSPS) is 38.6. The number of rotatable bonds is 5. The van der Waals surface area contributed by atoms with Gasteiger partial charge in [-0.3, -0.25) is 4.79 Å². The molecule has 9 heteroatoms. The summed E-state index contributed by atoms with van der Waals surface area (Å²) in [7, 11) is 3.27. The van der Waals surface area contributed by atoms with Crippen LogP contribution < -0.4 is 0 Å². The van der Waals surface area contributed by atoms with Gasteiger partial charge in [0.1, 0.15) is 24.2 Å². The molecule has 2 bridgehead atoms. The van der Waals surface area contributed by atoms with Crippen molar-refractivity contribution in [1.29, 1.82) is 0 Å². The number of esters is 2. The second-order valence-corrected chi connectivity index (χ2v) is 10.8. The molecule has 1 aromatic carbocycles. The van der Waals surface area contributed by atoms with Gasteiger partial charge in [0.25, 0.3) is 0 Å². The minimum Gasteiger partial charge on any atom is -0.457 e. The summed E-state index contributed by atoms with van der Waals surface area (Å²) in [5, 5.41) is 23.2. The van der Waals surface area contributed by atoms with Crippen molar-refractivity contribution in [3.8, 4) is 0 Å². The van der Waals surface area contributed by atoms with Crippen molar-refractivity contribution in [3.63, 3.8) is 0 Å². The standard InChI is InChI=1S/C31H44O9/c1-7-26(32)39-29-27(33)20(3)28-19(2)17-18-25(37-6)24(36-5)16-12-11-15-23(22-13-9-8-10-14-22)38-30(34)21(4)31(29,35)40-28/h7-10,13-14,17-21,23-25,27-29,33,35H,1,11-12,15-16H2,2-6H3/b18-17+/t19-,20-,21+,23-,24-,25+,27-,28-,29-,31+/m0/s1. The van der Waals surface area contributed by atoms with E-state index in [-0.39, 0.29) is 18.1 Å². The number of hydrogen-bond donors (Lipinski definition) is 2. The maximum atomic E-state index is 13.6. The molecule has 1 saturated heterocycles. The molecular formula is C31H44O9. The lowest BCUT2D eigenvalue weighted by molar-refractivity contribution is -0.357. The second kappa shape index (κ2) is 14.4. The summed E-state index contributed by atoms with van der Waals surface area (Å²) < 4.78 is 29.1. The van der Waals surface area contributed by atoms with E-state index in [1.807, 2.05) is 49.4 Å². The Balaban J connectivity index is 2.06. The molecule has 2 N–H and O–H groups in total. The van der Waals surface area contributed by atoms with Gasteiger partial charge < -0.3 is 33.9 Å². The number of benzene rings is 1. The van der Waals surface area contributed by atoms with Crippen LogP contribution in [0.5, 0.6) is 0 Å². The quantitative estimate of drug-likeness (QED) is 0.314. The van der Waals surface area contributed by atoms with E-state index in [4.69, 9.17) is 23.7 Å². The van der Waals surface area contributed by atoms with Gasteiger partial charge in [0.2, 0.25) is 5.79 Å². The molecule has 40 heavy (non-hydrogen) atoms. The lowest BCUT2D eigenvalue weighted by Crippen LogP contribution is -2.67. The van der Waals surface area contributed by atoms with Gasteiger partial charge in [-0.05, 0) is 31.7 Å². The van der Waals surface area contributed by atoms with Crippen LogP contribution in [0.15, 0.2) is 55.1 Å². The maximum absolute atomic E-state index is 13.6. The number of fused-ring (bicyclic) bond motifs is 2.